The molecule has 3 heterocycles. The summed E-state index contributed by atoms with van der Waals surface area (Å²) < 4.78 is 57.2. The first-order chi connectivity index (χ1) is 18.4. The zero-order valence-electron chi connectivity index (χ0n) is 20.4. The van der Waals surface area contributed by atoms with Gasteiger partial charge in [-0.3, -0.25) is 0 Å². The Morgan fingerprint density at radius 2 is 1.79 bits per heavy atom. The maximum Gasteiger partial charge on any atom is 0.325 e. The number of alkyl halides is 2. The number of aromatic nitrogens is 2. The predicted octanol–water partition coefficient (Wildman–Crippen LogP) is 4.71. The standard InChI is InChI=1S/C19H24F2N4O4S.C6H4Cl2/c20-19(21)30(26)25-9-7-24(8-10-25)15-1-3-16(4-2-15)27-12-17-13-28-18(29-17)11-23-6-5-22-14-23;7-5-2-1-3-6(8)4-5/h1-6,14,17-19H,7-13H2;1-4H. The molecule has 0 spiro atoms. The van der Waals surface area contributed by atoms with Gasteiger partial charge in [-0.15, -0.1) is 0 Å². The molecule has 2 saturated heterocycles. The topological polar surface area (TPSA) is 69.1 Å². The minimum Gasteiger partial charge on any atom is -0.491 e. The number of piperazine rings is 1. The third-order valence-electron chi connectivity index (χ3n) is 5.80. The lowest BCUT2D eigenvalue weighted by molar-refractivity contribution is -0.0726. The number of benzene rings is 2. The molecule has 3 atom stereocenters. The summed E-state index contributed by atoms with van der Waals surface area (Å²) in [6, 6.07) is 14.7. The van der Waals surface area contributed by atoms with Crippen LogP contribution in [0, 0.1) is 0 Å². The van der Waals surface area contributed by atoms with E-state index in [1.165, 1.54) is 4.31 Å². The molecule has 2 fully saturated rings. The van der Waals surface area contributed by atoms with Gasteiger partial charge in [0.2, 0.25) is 0 Å². The lowest BCUT2D eigenvalue weighted by Gasteiger charge is -2.34. The van der Waals surface area contributed by atoms with E-state index in [2.05, 4.69) is 9.88 Å². The number of halogens is 4. The van der Waals surface area contributed by atoms with Crippen molar-refractivity contribution < 1.29 is 27.2 Å². The fourth-order valence-corrected chi connectivity index (χ4v) is 5.08. The average molecular weight is 589 g/mol. The fourth-order valence-electron chi connectivity index (χ4n) is 3.90. The van der Waals surface area contributed by atoms with Crippen molar-refractivity contribution in [3.05, 3.63) is 77.3 Å². The van der Waals surface area contributed by atoms with E-state index in [0.29, 0.717) is 56.0 Å². The summed E-state index contributed by atoms with van der Waals surface area (Å²) in [7, 11) is -2.22. The largest absolute Gasteiger partial charge is 0.491 e. The molecular formula is C25H28Cl2F2N4O4S. The van der Waals surface area contributed by atoms with E-state index in [1.54, 1.807) is 30.7 Å². The van der Waals surface area contributed by atoms with Crippen LogP contribution in [0.2, 0.25) is 10.0 Å². The molecule has 0 saturated carbocycles. The summed E-state index contributed by atoms with van der Waals surface area (Å²) in [6.07, 6.45) is 4.84. The van der Waals surface area contributed by atoms with Gasteiger partial charge < -0.3 is 23.7 Å². The van der Waals surface area contributed by atoms with Crippen LogP contribution in [-0.4, -0.2) is 75.6 Å². The lowest BCUT2D eigenvalue weighted by Crippen LogP contribution is -2.48. The molecular weight excluding hydrogens is 561 g/mol. The van der Waals surface area contributed by atoms with Gasteiger partial charge in [-0.2, -0.15) is 8.78 Å². The van der Waals surface area contributed by atoms with Crippen LogP contribution in [-0.2, 0) is 27.0 Å². The molecule has 206 valence electrons. The van der Waals surface area contributed by atoms with E-state index in [9.17, 15) is 13.0 Å². The van der Waals surface area contributed by atoms with E-state index in [-0.39, 0.29) is 12.4 Å². The van der Waals surface area contributed by atoms with E-state index >= 15 is 0 Å². The summed E-state index contributed by atoms with van der Waals surface area (Å²) in [4.78, 5) is 6.08. The average Bonchev–Trinajstić information content (AvgIpc) is 3.60. The molecule has 0 aliphatic carbocycles. The second kappa shape index (κ2) is 14.2. The second-order valence-electron chi connectivity index (χ2n) is 8.48. The normalized spacial score (nSPS) is 20.7. The Kier molecular flexibility index (Phi) is 10.7. The van der Waals surface area contributed by atoms with Gasteiger partial charge in [-0.05, 0) is 42.5 Å². The van der Waals surface area contributed by atoms with Crippen LogP contribution in [0.15, 0.2) is 67.3 Å². The Hall–Kier alpha value is -2.28. The zero-order chi connectivity index (χ0) is 26.9. The van der Waals surface area contributed by atoms with Crippen molar-refractivity contribution >= 4 is 39.9 Å². The highest BCUT2D eigenvalue weighted by molar-refractivity contribution is 7.82. The van der Waals surface area contributed by atoms with Gasteiger partial charge in [0, 0.05) is 54.3 Å². The third-order valence-corrected chi connectivity index (χ3v) is 7.45. The predicted molar refractivity (Wildman–Crippen MR) is 143 cm³/mol. The van der Waals surface area contributed by atoms with Crippen LogP contribution in [0.5, 0.6) is 5.75 Å². The van der Waals surface area contributed by atoms with Crippen molar-refractivity contribution in [2.45, 2.75) is 24.7 Å². The molecule has 0 N–H and O–H groups in total. The number of hydrogen-bond acceptors (Lipinski definition) is 6. The van der Waals surface area contributed by atoms with Gasteiger partial charge in [0.25, 0.3) is 0 Å². The van der Waals surface area contributed by atoms with E-state index < -0.39 is 16.7 Å². The molecule has 8 nitrogen and oxygen atoms in total. The Morgan fingerprint density at radius 3 is 2.37 bits per heavy atom. The molecule has 3 aromatic rings. The molecule has 0 amide bonds. The van der Waals surface area contributed by atoms with Crippen molar-refractivity contribution in [3.63, 3.8) is 0 Å². The quantitative estimate of drug-likeness (QED) is 0.380. The molecule has 5 rings (SSSR count). The first kappa shape index (κ1) is 28.7. The molecule has 0 bridgehead atoms. The summed E-state index contributed by atoms with van der Waals surface area (Å²) in [5.74, 6) is -2.11. The number of rotatable bonds is 8. The van der Waals surface area contributed by atoms with Gasteiger partial charge in [0.05, 0.1) is 19.5 Å². The molecule has 0 radical (unpaired) electrons. The maximum atomic E-state index is 12.6. The Balaban J connectivity index is 0.000000360. The minimum atomic E-state index is -2.83. The van der Waals surface area contributed by atoms with E-state index in [0.717, 1.165) is 11.4 Å². The summed E-state index contributed by atoms with van der Waals surface area (Å²) in [5.41, 5.74) is 0.977. The number of anilines is 1. The van der Waals surface area contributed by atoms with Crippen molar-refractivity contribution in [1.82, 2.24) is 13.9 Å². The monoisotopic (exact) mass is 588 g/mol. The van der Waals surface area contributed by atoms with Gasteiger partial charge in [0.15, 0.2) is 17.3 Å². The fraction of sp³-hybridized carbons (Fsp3) is 0.400. The van der Waals surface area contributed by atoms with Gasteiger partial charge in [-0.1, -0.05) is 29.3 Å². The number of imidazole rings is 1. The minimum absolute atomic E-state index is 0.137. The molecule has 2 aliphatic heterocycles. The molecule has 3 unspecified atom stereocenters. The van der Waals surface area contributed by atoms with Crippen LogP contribution < -0.4 is 9.64 Å². The van der Waals surface area contributed by atoms with Crippen molar-refractivity contribution in [1.29, 1.82) is 0 Å². The molecule has 13 heteroatoms. The number of hydrogen-bond donors (Lipinski definition) is 0. The summed E-state index contributed by atoms with van der Waals surface area (Å²) >= 11 is 11.1. The van der Waals surface area contributed by atoms with Crippen LogP contribution in [0.25, 0.3) is 0 Å². The number of ether oxygens (including phenoxy) is 3. The second-order valence-corrected chi connectivity index (χ2v) is 10.8. The lowest BCUT2D eigenvalue weighted by atomic mass is 10.2. The van der Waals surface area contributed by atoms with Crippen LogP contribution in [0.4, 0.5) is 14.5 Å². The summed E-state index contributed by atoms with van der Waals surface area (Å²) in [5, 5.41) is 1.36. The van der Waals surface area contributed by atoms with Crippen LogP contribution in [0.3, 0.4) is 0 Å². The smallest absolute Gasteiger partial charge is 0.325 e. The van der Waals surface area contributed by atoms with Gasteiger partial charge in [-0.25, -0.2) is 13.5 Å². The SMILES string of the molecule is Clc1cccc(Cl)c1.O=S(C(F)F)N1CCN(c2ccc(OCC3COC(Cn4ccnc4)O3)cc2)CC1. The molecule has 1 aromatic heterocycles. The highest BCUT2D eigenvalue weighted by Gasteiger charge is 2.28. The Bertz CT molecular complexity index is 1140. The third kappa shape index (κ3) is 8.62. The maximum absolute atomic E-state index is 12.6. The Morgan fingerprint density at radius 1 is 1.08 bits per heavy atom. The summed E-state index contributed by atoms with van der Waals surface area (Å²) in [6.45, 7) is 3.22. The number of nitrogens with zero attached hydrogens (tertiary/aromatic N) is 4. The van der Waals surface area contributed by atoms with E-state index in [4.69, 9.17) is 37.4 Å². The molecule has 38 heavy (non-hydrogen) atoms. The Labute approximate surface area is 232 Å². The van der Waals surface area contributed by atoms with Crippen molar-refractivity contribution in [3.8, 4) is 5.75 Å². The highest BCUT2D eigenvalue weighted by atomic mass is 35.5. The van der Waals surface area contributed by atoms with Crippen molar-refractivity contribution in [2.75, 3.05) is 44.3 Å². The van der Waals surface area contributed by atoms with Gasteiger partial charge >= 0.3 is 5.76 Å². The van der Waals surface area contributed by atoms with Crippen LogP contribution in [0.1, 0.15) is 0 Å². The molecule has 2 aromatic carbocycles. The molecule has 2 aliphatic rings. The van der Waals surface area contributed by atoms with E-state index in [1.807, 2.05) is 41.1 Å². The van der Waals surface area contributed by atoms with Crippen molar-refractivity contribution in [2.24, 2.45) is 0 Å². The first-order valence-electron chi connectivity index (χ1n) is 11.9. The highest BCUT2D eigenvalue weighted by Crippen LogP contribution is 2.23. The van der Waals surface area contributed by atoms with Gasteiger partial charge in [0.1, 0.15) is 18.5 Å². The first-order valence-corrected chi connectivity index (χ1v) is 13.9. The zero-order valence-corrected chi connectivity index (χ0v) is 22.7. The van der Waals surface area contributed by atoms with Crippen LogP contribution >= 0.6 is 23.2 Å².